The topological polar surface area (TPSA) is 114 Å². The van der Waals surface area contributed by atoms with Gasteiger partial charge in [-0.25, -0.2) is 0 Å². The summed E-state index contributed by atoms with van der Waals surface area (Å²) in [6, 6.07) is 6.62. The van der Waals surface area contributed by atoms with Gasteiger partial charge in [0.1, 0.15) is 11.7 Å². The quantitative estimate of drug-likeness (QED) is 0.570. The first-order valence-corrected chi connectivity index (χ1v) is 13.1. The maximum Gasteiger partial charge on any atom is 0.270 e. The fourth-order valence-electron chi connectivity index (χ4n) is 5.95. The molecule has 2 fully saturated rings. The van der Waals surface area contributed by atoms with Crippen LogP contribution in [-0.4, -0.2) is 46.8 Å². The lowest BCUT2D eigenvalue weighted by molar-refractivity contribution is -0.124. The third-order valence-electron chi connectivity index (χ3n) is 8.18. The van der Waals surface area contributed by atoms with Crippen molar-refractivity contribution < 1.29 is 19.1 Å². The lowest BCUT2D eigenvalue weighted by Gasteiger charge is -2.32. The highest BCUT2D eigenvalue weighted by atomic mass is 16.5. The van der Waals surface area contributed by atoms with Crippen LogP contribution >= 0.6 is 0 Å². The largest absolute Gasteiger partial charge is 0.381 e. The molecule has 1 aliphatic carbocycles. The molecule has 1 spiro atoms. The summed E-state index contributed by atoms with van der Waals surface area (Å²) in [6.07, 6.45) is 6.75. The third-order valence-corrected chi connectivity index (χ3v) is 8.18. The number of aromatic nitrogens is 2. The summed E-state index contributed by atoms with van der Waals surface area (Å²) < 4.78 is 7.11. The molecule has 3 aliphatic rings. The maximum atomic E-state index is 13.6. The number of hydrogen-bond donors (Lipinski definition) is 3. The molecule has 1 saturated heterocycles. The number of ether oxygens (including phenoxy) is 1. The highest BCUT2D eigenvalue weighted by Crippen LogP contribution is 2.45. The highest BCUT2D eigenvalue weighted by Gasteiger charge is 2.47. The number of nitrogens with zero attached hydrogens (tertiary/aromatic N) is 2. The first-order chi connectivity index (χ1) is 17.4. The summed E-state index contributed by atoms with van der Waals surface area (Å²) in [5.74, 6) is 0.146. The molecule has 9 heteroatoms. The number of carbonyl (C=O) groups is 3. The molecule has 3 N–H and O–H groups in total. The Labute approximate surface area is 211 Å². The monoisotopic (exact) mass is 493 g/mol. The molecule has 2 aliphatic heterocycles. The summed E-state index contributed by atoms with van der Waals surface area (Å²) in [5.41, 5.74) is 2.20. The van der Waals surface area contributed by atoms with Crippen LogP contribution in [0.5, 0.6) is 0 Å². The minimum Gasteiger partial charge on any atom is -0.381 e. The molecule has 9 nitrogen and oxygen atoms in total. The second-order valence-corrected chi connectivity index (χ2v) is 10.4. The Morgan fingerprint density at radius 1 is 1.19 bits per heavy atom. The molecule has 0 bridgehead atoms. The standard InChI is InChI=1S/C27H35N5O4/c1-3-32-22(10-13-28-32)24(33)31-23(18-6-4-17(2)5-7-18)25(34)29-19-8-9-20-21(16-19)30-26(35)27(20)11-14-36-15-12-27/h8-10,13,16-18,23H,3-7,11-12,14-15H2,1-2H3,(H,29,34)(H,30,35)(H,31,33)/t17?,18?,23-/m0/s1. The number of hydrogen-bond acceptors (Lipinski definition) is 5. The molecule has 3 heterocycles. The first-order valence-electron chi connectivity index (χ1n) is 13.1. The van der Waals surface area contributed by atoms with Gasteiger partial charge in [0.25, 0.3) is 5.91 Å². The highest BCUT2D eigenvalue weighted by molar-refractivity contribution is 6.07. The predicted molar refractivity (Wildman–Crippen MR) is 136 cm³/mol. The lowest BCUT2D eigenvalue weighted by atomic mass is 9.75. The fraction of sp³-hybridized carbons (Fsp3) is 0.556. The van der Waals surface area contributed by atoms with Crippen molar-refractivity contribution in [2.45, 2.75) is 70.4 Å². The van der Waals surface area contributed by atoms with Crippen molar-refractivity contribution in [1.29, 1.82) is 0 Å². The lowest BCUT2D eigenvalue weighted by Crippen LogP contribution is -2.49. The van der Waals surface area contributed by atoms with E-state index in [-0.39, 0.29) is 23.6 Å². The summed E-state index contributed by atoms with van der Waals surface area (Å²) in [7, 11) is 0. The summed E-state index contributed by atoms with van der Waals surface area (Å²) in [6.45, 7) is 5.84. The van der Waals surface area contributed by atoms with Gasteiger partial charge < -0.3 is 20.7 Å². The molecule has 0 unspecified atom stereocenters. The molecule has 1 atom stereocenters. The number of nitrogens with one attached hydrogen (secondary N) is 3. The molecule has 0 radical (unpaired) electrons. The van der Waals surface area contributed by atoms with E-state index < -0.39 is 11.5 Å². The molecule has 36 heavy (non-hydrogen) atoms. The van der Waals surface area contributed by atoms with Gasteiger partial charge in [0, 0.05) is 37.3 Å². The second-order valence-electron chi connectivity index (χ2n) is 10.4. The van der Waals surface area contributed by atoms with Gasteiger partial charge in [-0.1, -0.05) is 25.8 Å². The fourth-order valence-corrected chi connectivity index (χ4v) is 5.95. The predicted octanol–water partition coefficient (Wildman–Crippen LogP) is 3.47. The van der Waals surface area contributed by atoms with Crippen LogP contribution in [0.15, 0.2) is 30.5 Å². The van der Waals surface area contributed by atoms with Gasteiger partial charge in [0.15, 0.2) is 0 Å². The smallest absolute Gasteiger partial charge is 0.270 e. The van der Waals surface area contributed by atoms with Crippen molar-refractivity contribution in [3.05, 3.63) is 41.7 Å². The number of benzene rings is 1. The zero-order valence-corrected chi connectivity index (χ0v) is 21.0. The van der Waals surface area contributed by atoms with Crippen molar-refractivity contribution in [3.63, 3.8) is 0 Å². The maximum absolute atomic E-state index is 13.6. The number of anilines is 2. The third kappa shape index (κ3) is 4.52. The van der Waals surface area contributed by atoms with Gasteiger partial charge in [0.05, 0.1) is 5.41 Å². The Morgan fingerprint density at radius 2 is 1.94 bits per heavy atom. The van der Waals surface area contributed by atoms with E-state index in [9.17, 15) is 14.4 Å². The van der Waals surface area contributed by atoms with E-state index in [2.05, 4.69) is 28.0 Å². The second kappa shape index (κ2) is 10.0. The average molecular weight is 494 g/mol. The van der Waals surface area contributed by atoms with Gasteiger partial charge in [0.2, 0.25) is 11.8 Å². The number of carbonyl (C=O) groups excluding carboxylic acids is 3. The van der Waals surface area contributed by atoms with E-state index in [1.165, 1.54) is 0 Å². The Kier molecular flexibility index (Phi) is 6.83. The number of fused-ring (bicyclic) bond motifs is 2. The van der Waals surface area contributed by atoms with Crippen LogP contribution in [-0.2, 0) is 26.3 Å². The van der Waals surface area contributed by atoms with Crippen LogP contribution < -0.4 is 16.0 Å². The number of amides is 3. The molecule has 2 aromatic rings. The van der Waals surface area contributed by atoms with E-state index in [1.807, 2.05) is 25.1 Å². The Bertz CT molecular complexity index is 1140. The molecular formula is C27H35N5O4. The van der Waals surface area contributed by atoms with E-state index in [1.54, 1.807) is 16.9 Å². The Morgan fingerprint density at radius 3 is 2.67 bits per heavy atom. The first kappa shape index (κ1) is 24.5. The number of rotatable bonds is 6. The van der Waals surface area contributed by atoms with Crippen LogP contribution in [0, 0.1) is 11.8 Å². The van der Waals surface area contributed by atoms with Crippen molar-refractivity contribution in [2.75, 3.05) is 23.8 Å². The van der Waals surface area contributed by atoms with Crippen LogP contribution in [0.1, 0.15) is 68.4 Å². The Hall–Kier alpha value is -3.20. The number of aryl methyl sites for hydroxylation is 1. The SMILES string of the molecule is CCn1nccc1C(=O)N[C@H](C(=O)Nc1ccc2c(c1)NC(=O)C21CCOCC1)C1CCC(C)CC1. The molecule has 1 aromatic carbocycles. The molecule has 1 saturated carbocycles. The average Bonchev–Trinajstić information content (AvgIpc) is 3.46. The minimum atomic E-state index is -0.658. The van der Waals surface area contributed by atoms with Gasteiger partial charge in [-0.05, 0) is 68.2 Å². The van der Waals surface area contributed by atoms with Gasteiger partial charge in [-0.2, -0.15) is 5.10 Å². The van der Waals surface area contributed by atoms with E-state index >= 15 is 0 Å². The van der Waals surface area contributed by atoms with Crippen LogP contribution in [0.2, 0.25) is 0 Å². The van der Waals surface area contributed by atoms with Gasteiger partial charge in [-0.3, -0.25) is 19.1 Å². The van der Waals surface area contributed by atoms with E-state index in [0.717, 1.165) is 36.9 Å². The van der Waals surface area contributed by atoms with E-state index in [4.69, 9.17) is 4.74 Å². The minimum absolute atomic E-state index is 0.00159. The Balaban J connectivity index is 1.35. The summed E-state index contributed by atoms with van der Waals surface area (Å²) in [4.78, 5) is 39.5. The molecule has 3 amide bonds. The van der Waals surface area contributed by atoms with Gasteiger partial charge in [-0.15, -0.1) is 0 Å². The van der Waals surface area contributed by atoms with Crippen molar-refractivity contribution in [1.82, 2.24) is 15.1 Å². The van der Waals surface area contributed by atoms with Crippen LogP contribution in [0.4, 0.5) is 11.4 Å². The van der Waals surface area contributed by atoms with Crippen LogP contribution in [0.3, 0.4) is 0 Å². The van der Waals surface area contributed by atoms with Crippen molar-refractivity contribution in [3.8, 4) is 0 Å². The zero-order valence-electron chi connectivity index (χ0n) is 21.0. The van der Waals surface area contributed by atoms with Crippen LogP contribution in [0.25, 0.3) is 0 Å². The molecule has 5 rings (SSSR count). The summed E-state index contributed by atoms with van der Waals surface area (Å²) in [5, 5.41) is 13.2. The van der Waals surface area contributed by atoms with E-state index in [0.29, 0.717) is 49.9 Å². The zero-order chi connectivity index (χ0) is 25.3. The molecule has 1 aromatic heterocycles. The van der Waals surface area contributed by atoms with Crippen molar-refractivity contribution >= 4 is 29.1 Å². The molecular weight excluding hydrogens is 458 g/mol. The van der Waals surface area contributed by atoms with Crippen molar-refractivity contribution in [2.24, 2.45) is 11.8 Å². The molecule has 192 valence electrons. The normalized spacial score (nSPS) is 23.6. The van der Waals surface area contributed by atoms with Gasteiger partial charge >= 0.3 is 0 Å². The summed E-state index contributed by atoms with van der Waals surface area (Å²) >= 11 is 0.